The lowest BCUT2D eigenvalue weighted by atomic mass is 9.80. The van der Waals surface area contributed by atoms with Gasteiger partial charge in [0.2, 0.25) is 17.7 Å². The van der Waals surface area contributed by atoms with Crippen molar-refractivity contribution in [3.63, 3.8) is 0 Å². The zero-order valence-electron chi connectivity index (χ0n) is 13.4. The summed E-state index contributed by atoms with van der Waals surface area (Å²) >= 11 is 0. The topological polar surface area (TPSA) is 99.7 Å². The third-order valence-electron chi connectivity index (χ3n) is 4.18. The van der Waals surface area contributed by atoms with Crippen LogP contribution in [0.1, 0.15) is 31.6 Å². The van der Waals surface area contributed by atoms with E-state index in [1.807, 2.05) is 4.90 Å². The van der Waals surface area contributed by atoms with Crippen molar-refractivity contribution < 1.29 is 19.3 Å². The maximum absolute atomic E-state index is 12.1. The van der Waals surface area contributed by atoms with Gasteiger partial charge in [0.25, 0.3) is 0 Å². The predicted molar refractivity (Wildman–Crippen MR) is 88.3 cm³/mol. The van der Waals surface area contributed by atoms with Crippen LogP contribution in [-0.2, 0) is 11.2 Å². The van der Waals surface area contributed by atoms with Crippen LogP contribution in [0.15, 0.2) is 28.7 Å². The van der Waals surface area contributed by atoms with E-state index in [1.165, 1.54) is 6.42 Å². The standard InChI is InChI=1S/C16H20BN3O4/c21-15(20-10-2-1-3-11-20)9-8-14-18-19-16(24-14)12-4-6-13(7-5-12)17(22)23/h4-7,22-23H,1-3,8-11H2. The van der Waals surface area contributed by atoms with Crippen molar-refractivity contribution in [2.24, 2.45) is 0 Å². The number of amides is 1. The van der Waals surface area contributed by atoms with Crippen molar-refractivity contribution in [3.8, 4) is 11.5 Å². The van der Waals surface area contributed by atoms with Gasteiger partial charge in [-0.3, -0.25) is 4.79 Å². The van der Waals surface area contributed by atoms with Gasteiger partial charge >= 0.3 is 7.12 Å². The Labute approximate surface area is 140 Å². The summed E-state index contributed by atoms with van der Waals surface area (Å²) in [5.41, 5.74) is 1.09. The molecule has 0 spiro atoms. The Kier molecular flexibility index (Phi) is 5.27. The number of hydrogen-bond acceptors (Lipinski definition) is 6. The number of nitrogens with zero attached hydrogens (tertiary/aromatic N) is 3. The summed E-state index contributed by atoms with van der Waals surface area (Å²) in [6, 6.07) is 6.55. The van der Waals surface area contributed by atoms with Crippen molar-refractivity contribution in [2.75, 3.05) is 13.1 Å². The molecule has 0 bridgehead atoms. The molecule has 1 aromatic heterocycles. The number of likely N-dealkylation sites (tertiary alicyclic amines) is 1. The highest BCUT2D eigenvalue weighted by Crippen LogP contribution is 2.18. The summed E-state index contributed by atoms with van der Waals surface area (Å²) in [4.78, 5) is 14.0. The van der Waals surface area contributed by atoms with Crippen LogP contribution in [0.4, 0.5) is 0 Å². The molecular weight excluding hydrogens is 309 g/mol. The molecule has 24 heavy (non-hydrogen) atoms. The molecule has 0 radical (unpaired) electrons. The first-order valence-corrected chi connectivity index (χ1v) is 8.20. The Hall–Kier alpha value is -2.19. The minimum absolute atomic E-state index is 0.135. The lowest BCUT2D eigenvalue weighted by Crippen LogP contribution is -2.35. The van der Waals surface area contributed by atoms with E-state index in [1.54, 1.807) is 24.3 Å². The van der Waals surface area contributed by atoms with Crippen molar-refractivity contribution in [3.05, 3.63) is 30.2 Å². The molecule has 1 fully saturated rings. The summed E-state index contributed by atoms with van der Waals surface area (Å²) in [6.45, 7) is 1.69. The molecule has 1 aromatic carbocycles. The zero-order chi connectivity index (χ0) is 16.9. The van der Waals surface area contributed by atoms with E-state index < -0.39 is 7.12 Å². The fourth-order valence-corrected chi connectivity index (χ4v) is 2.78. The highest BCUT2D eigenvalue weighted by Gasteiger charge is 2.18. The van der Waals surface area contributed by atoms with Crippen LogP contribution in [0.2, 0.25) is 0 Å². The number of benzene rings is 1. The Morgan fingerprint density at radius 2 is 1.83 bits per heavy atom. The smallest absolute Gasteiger partial charge is 0.423 e. The van der Waals surface area contributed by atoms with E-state index in [0.717, 1.165) is 25.9 Å². The van der Waals surface area contributed by atoms with Gasteiger partial charge < -0.3 is 19.4 Å². The zero-order valence-corrected chi connectivity index (χ0v) is 13.4. The van der Waals surface area contributed by atoms with E-state index in [-0.39, 0.29) is 5.91 Å². The quantitative estimate of drug-likeness (QED) is 0.769. The van der Waals surface area contributed by atoms with Crippen LogP contribution in [0.25, 0.3) is 11.5 Å². The average molecular weight is 329 g/mol. The molecule has 1 amide bonds. The SMILES string of the molecule is O=C(CCc1nnc(-c2ccc(B(O)O)cc2)o1)N1CCCCC1. The van der Waals surface area contributed by atoms with Gasteiger partial charge in [-0.05, 0) is 36.9 Å². The molecule has 1 aliphatic rings. The van der Waals surface area contributed by atoms with E-state index in [0.29, 0.717) is 35.6 Å². The second-order valence-corrected chi connectivity index (χ2v) is 5.94. The van der Waals surface area contributed by atoms with Gasteiger partial charge in [-0.1, -0.05) is 12.1 Å². The number of rotatable bonds is 5. The Morgan fingerprint density at radius 1 is 1.12 bits per heavy atom. The monoisotopic (exact) mass is 329 g/mol. The van der Waals surface area contributed by atoms with E-state index in [4.69, 9.17) is 14.5 Å². The molecule has 0 atom stereocenters. The van der Waals surface area contributed by atoms with Crippen molar-refractivity contribution in [1.29, 1.82) is 0 Å². The Morgan fingerprint density at radius 3 is 2.50 bits per heavy atom. The first-order chi connectivity index (χ1) is 11.6. The minimum atomic E-state index is -1.50. The van der Waals surface area contributed by atoms with Crippen molar-refractivity contribution in [1.82, 2.24) is 15.1 Å². The molecule has 2 aromatic rings. The van der Waals surface area contributed by atoms with Crippen LogP contribution in [0, 0.1) is 0 Å². The number of piperidine rings is 1. The van der Waals surface area contributed by atoms with Crippen LogP contribution in [0.3, 0.4) is 0 Å². The van der Waals surface area contributed by atoms with E-state index >= 15 is 0 Å². The first-order valence-electron chi connectivity index (χ1n) is 8.20. The third kappa shape index (κ3) is 4.01. The average Bonchev–Trinajstić information content (AvgIpc) is 3.09. The van der Waals surface area contributed by atoms with E-state index in [9.17, 15) is 4.79 Å². The van der Waals surface area contributed by atoms with Crippen LogP contribution in [-0.4, -0.2) is 51.3 Å². The first kappa shape index (κ1) is 16.7. The summed E-state index contributed by atoms with van der Waals surface area (Å²) in [6.07, 6.45) is 4.15. The fourth-order valence-electron chi connectivity index (χ4n) is 2.78. The number of aryl methyl sites for hydroxylation is 1. The molecule has 0 saturated carbocycles. The predicted octanol–water partition coefficient (Wildman–Crippen LogP) is 0.361. The second kappa shape index (κ2) is 7.59. The summed E-state index contributed by atoms with van der Waals surface area (Å²) in [5, 5.41) is 26.1. The second-order valence-electron chi connectivity index (χ2n) is 5.94. The van der Waals surface area contributed by atoms with Gasteiger partial charge in [0, 0.05) is 31.5 Å². The Bertz CT molecular complexity index is 681. The molecule has 1 aliphatic heterocycles. The molecule has 1 saturated heterocycles. The molecule has 7 nitrogen and oxygen atoms in total. The molecule has 2 N–H and O–H groups in total. The van der Waals surface area contributed by atoms with E-state index in [2.05, 4.69) is 10.2 Å². The van der Waals surface area contributed by atoms with Gasteiger partial charge in [0.1, 0.15) is 0 Å². The number of aromatic nitrogens is 2. The molecule has 2 heterocycles. The molecular formula is C16H20BN3O4. The molecule has 0 unspecified atom stereocenters. The maximum Gasteiger partial charge on any atom is 0.488 e. The summed E-state index contributed by atoms with van der Waals surface area (Å²) in [7, 11) is -1.50. The lowest BCUT2D eigenvalue weighted by Gasteiger charge is -2.26. The molecule has 3 rings (SSSR count). The number of hydrogen-bond donors (Lipinski definition) is 2. The third-order valence-corrected chi connectivity index (χ3v) is 4.18. The van der Waals surface area contributed by atoms with Gasteiger partial charge in [0.15, 0.2) is 0 Å². The normalized spacial score (nSPS) is 14.7. The largest absolute Gasteiger partial charge is 0.488 e. The van der Waals surface area contributed by atoms with Gasteiger partial charge in [-0.25, -0.2) is 0 Å². The van der Waals surface area contributed by atoms with Crippen LogP contribution >= 0.6 is 0 Å². The summed E-state index contributed by atoms with van der Waals surface area (Å²) in [5.74, 6) is 0.923. The molecule has 8 heteroatoms. The number of carbonyl (C=O) groups is 1. The van der Waals surface area contributed by atoms with Crippen molar-refractivity contribution >= 4 is 18.5 Å². The van der Waals surface area contributed by atoms with Gasteiger partial charge in [-0.2, -0.15) is 0 Å². The van der Waals surface area contributed by atoms with Crippen LogP contribution in [0.5, 0.6) is 0 Å². The lowest BCUT2D eigenvalue weighted by molar-refractivity contribution is -0.132. The highest BCUT2D eigenvalue weighted by atomic mass is 16.4. The van der Waals surface area contributed by atoms with Crippen molar-refractivity contribution in [2.45, 2.75) is 32.1 Å². The van der Waals surface area contributed by atoms with Gasteiger partial charge in [0.05, 0.1) is 0 Å². The Balaban J connectivity index is 1.58. The maximum atomic E-state index is 12.1. The summed E-state index contributed by atoms with van der Waals surface area (Å²) < 4.78 is 5.59. The van der Waals surface area contributed by atoms with Crippen LogP contribution < -0.4 is 5.46 Å². The number of carbonyl (C=O) groups excluding carboxylic acids is 1. The fraction of sp³-hybridized carbons (Fsp3) is 0.438. The molecule has 0 aliphatic carbocycles. The highest BCUT2D eigenvalue weighted by molar-refractivity contribution is 6.58. The van der Waals surface area contributed by atoms with Gasteiger partial charge in [-0.15, -0.1) is 10.2 Å². The minimum Gasteiger partial charge on any atom is -0.423 e. The molecule has 126 valence electrons.